The average molecular weight is 406 g/mol. The molecule has 3 aromatic rings. The first-order valence-corrected chi connectivity index (χ1v) is 10.3. The zero-order chi connectivity index (χ0) is 21.1. The molecule has 8 heteroatoms. The molecule has 3 aromatic heterocycles. The van der Waals surface area contributed by atoms with Gasteiger partial charge in [0, 0.05) is 37.1 Å². The quantitative estimate of drug-likeness (QED) is 0.682. The molecule has 1 aliphatic rings. The number of amides is 1. The molecule has 8 nitrogen and oxygen atoms in total. The highest BCUT2D eigenvalue weighted by atomic mass is 16.5. The summed E-state index contributed by atoms with van der Waals surface area (Å²) in [7, 11) is 0. The van der Waals surface area contributed by atoms with Gasteiger partial charge in [0.25, 0.3) is 5.91 Å². The third kappa shape index (κ3) is 4.17. The average Bonchev–Trinajstić information content (AvgIpc) is 3.16. The first-order valence-electron chi connectivity index (χ1n) is 10.3. The molecule has 0 aromatic carbocycles. The van der Waals surface area contributed by atoms with Crippen LogP contribution in [0.4, 0.5) is 11.6 Å². The van der Waals surface area contributed by atoms with Crippen LogP contribution < -0.4 is 5.32 Å². The smallest absolute Gasteiger partial charge is 0.259 e. The lowest BCUT2D eigenvalue weighted by Gasteiger charge is -2.32. The number of nitrogens with zero attached hydrogens (tertiary/aromatic N) is 5. The van der Waals surface area contributed by atoms with Crippen molar-refractivity contribution in [3.63, 3.8) is 0 Å². The fraction of sp³-hybridized carbons (Fsp3) is 0.409. The van der Waals surface area contributed by atoms with Crippen molar-refractivity contribution in [3.05, 3.63) is 59.5 Å². The number of rotatable bonds is 5. The number of piperidine rings is 1. The van der Waals surface area contributed by atoms with E-state index in [1.165, 1.54) is 0 Å². The lowest BCUT2D eigenvalue weighted by Crippen LogP contribution is -2.39. The molecule has 0 spiro atoms. The normalized spacial score (nSPS) is 16.7. The van der Waals surface area contributed by atoms with E-state index in [1.54, 1.807) is 25.5 Å². The zero-order valence-corrected chi connectivity index (χ0v) is 17.5. The summed E-state index contributed by atoms with van der Waals surface area (Å²) >= 11 is 0. The van der Waals surface area contributed by atoms with Gasteiger partial charge in [0.2, 0.25) is 0 Å². The second-order valence-electron chi connectivity index (χ2n) is 7.91. The number of hydrogen-bond donors (Lipinski definition) is 1. The fourth-order valence-electron chi connectivity index (χ4n) is 3.85. The van der Waals surface area contributed by atoms with Gasteiger partial charge in [0.05, 0.1) is 11.9 Å². The van der Waals surface area contributed by atoms with Crippen LogP contribution in [0.1, 0.15) is 66.0 Å². The second-order valence-corrected chi connectivity index (χ2v) is 7.91. The molecule has 1 N–H and O–H groups in total. The van der Waals surface area contributed by atoms with Gasteiger partial charge in [-0.2, -0.15) is 0 Å². The Morgan fingerprint density at radius 3 is 2.90 bits per heavy atom. The Hall–Kier alpha value is -3.29. The van der Waals surface area contributed by atoms with Crippen molar-refractivity contribution >= 4 is 17.5 Å². The lowest BCUT2D eigenvalue weighted by molar-refractivity contribution is 0.0703. The Morgan fingerprint density at radius 2 is 2.13 bits per heavy atom. The van der Waals surface area contributed by atoms with Crippen LogP contribution in [0.2, 0.25) is 0 Å². The van der Waals surface area contributed by atoms with E-state index >= 15 is 0 Å². The molecule has 0 bridgehead atoms. The van der Waals surface area contributed by atoms with Crippen molar-refractivity contribution in [1.29, 1.82) is 0 Å². The van der Waals surface area contributed by atoms with Crippen LogP contribution in [-0.2, 0) is 0 Å². The number of carbonyl (C=O) groups excluding carboxylic acids is 1. The van der Waals surface area contributed by atoms with Gasteiger partial charge >= 0.3 is 0 Å². The molecule has 1 fully saturated rings. The molecule has 0 aliphatic carbocycles. The summed E-state index contributed by atoms with van der Waals surface area (Å²) in [6.07, 6.45) is 6.84. The van der Waals surface area contributed by atoms with Crippen LogP contribution in [0, 0.1) is 6.92 Å². The maximum absolute atomic E-state index is 13.3. The standard InChI is InChI=1S/C22H26N6O2/c1-14(2)21-20(15(3)30-27-21)22(29)28-11-5-6-16(13-28)17-7-4-8-18(25-17)26-19-12-23-9-10-24-19/h4,7-10,12,14,16H,5-6,11,13H2,1-3H3,(H,24,25,26). The van der Waals surface area contributed by atoms with Gasteiger partial charge in [-0.25, -0.2) is 9.97 Å². The Morgan fingerprint density at radius 1 is 1.27 bits per heavy atom. The van der Waals surface area contributed by atoms with Gasteiger partial charge in [-0.15, -0.1) is 0 Å². The van der Waals surface area contributed by atoms with Crippen LogP contribution in [-0.4, -0.2) is 44.0 Å². The number of hydrogen-bond acceptors (Lipinski definition) is 7. The molecule has 4 heterocycles. The third-order valence-electron chi connectivity index (χ3n) is 5.37. The summed E-state index contributed by atoms with van der Waals surface area (Å²) in [5, 5.41) is 7.29. The van der Waals surface area contributed by atoms with Crippen molar-refractivity contribution in [1.82, 2.24) is 25.0 Å². The van der Waals surface area contributed by atoms with E-state index in [2.05, 4.69) is 20.4 Å². The summed E-state index contributed by atoms with van der Waals surface area (Å²) in [6, 6.07) is 5.90. The number of aryl methyl sites for hydroxylation is 1. The van der Waals surface area contributed by atoms with E-state index in [1.807, 2.05) is 36.9 Å². The van der Waals surface area contributed by atoms with Crippen molar-refractivity contribution in [2.45, 2.75) is 45.4 Å². The Labute approximate surface area is 175 Å². The monoisotopic (exact) mass is 406 g/mol. The van der Waals surface area contributed by atoms with E-state index in [9.17, 15) is 4.79 Å². The van der Waals surface area contributed by atoms with Crippen LogP contribution >= 0.6 is 0 Å². The van der Waals surface area contributed by atoms with Gasteiger partial charge in [-0.05, 0) is 37.8 Å². The summed E-state index contributed by atoms with van der Waals surface area (Å²) < 4.78 is 5.32. The first kappa shape index (κ1) is 20.0. The van der Waals surface area contributed by atoms with Gasteiger partial charge in [0.15, 0.2) is 0 Å². The van der Waals surface area contributed by atoms with Gasteiger partial charge in [-0.1, -0.05) is 25.1 Å². The molecule has 1 amide bonds. The van der Waals surface area contributed by atoms with Crippen LogP contribution in [0.3, 0.4) is 0 Å². The molecule has 0 radical (unpaired) electrons. The second kappa shape index (κ2) is 8.61. The van der Waals surface area contributed by atoms with Gasteiger partial charge in [-0.3, -0.25) is 9.78 Å². The molecular weight excluding hydrogens is 380 g/mol. The minimum atomic E-state index is -0.00371. The Balaban J connectivity index is 1.51. The topological polar surface area (TPSA) is 97.0 Å². The highest BCUT2D eigenvalue weighted by Gasteiger charge is 2.31. The number of pyridine rings is 1. The summed E-state index contributed by atoms with van der Waals surface area (Å²) in [5.41, 5.74) is 2.30. The third-order valence-corrected chi connectivity index (χ3v) is 5.37. The van der Waals surface area contributed by atoms with Crippen molar-refractivity contribution in [3.8, 4) is 0 Å². The molecule has 1 saturated heterocycles. The highest BCUT2D eigenvalue weighted by Crippen LogP contribution is 2.30. The zero-order valence-electron chi connectivity index (χ0n) is 17.5. The minimum Gasteiger partial charge on any atom is -0.361 e. The molecule has 156 valence electrons. The highest BCUT2D eigenvalue weighted by molar-refractivity contribution is 5.96. The van der Waals surface area contributed by atoms with E-state index in [4.69, 9.17) is 9.51 Å². The Bertz CT molecular complexity index is 1020. The summed E-state index contributed by atoms with van der Waals surface area (Å²) in [6.45, 7) is 7.20. The molecule has 0 saturated carbocycles. The fourth-order valence-corrected chi connectivity index (χ4v) is 3.85. The number of nitrogens with one attached hydrogen (secondary N) is 1. The van der Waals surface area contributed by atoms with E-state index in [-0.39, 0.29) is 17.7 Å². The maximum atomic E-state index is 13.3. The maximum Gasteiger partial charge on any atom is 0.259 e. The number of likely N-dealkylation sites (tertiary alicyclic amines) is 1. The Kier molecular flexibility index (Phi) is 5.74. The van der Waals surface area contributed by atoms with Crippen molar-refractivity contribution in [2.75, 3.05) is 18.4 Å². The van der Waals surface area contributed by atoms with Crippen molar-refractivity contribution < 1.29 is 9.32 Å². The summed E-state index contributed by atoms with van der Waals surface area (Å²) in [4.78, 5) is 28.2. The SMILES string of the molecule is Cc1onc(C(C)C)c1C(=O)N1CCCC(c2cccc(Nc3cnccn3)n2)C1. The van der Waals surface area contributed by atoms with Gasteiger partial charge < -0.3 is 14.7 Å². The minimum absolute atomic E-state index is 0.00371. The summed E-state index contributed by atoms with van der Waals surface area (Å²) in [5.74, 6) is 2.25. The van der Waals surface area contributed by atoms with Gasteiger partial charge in [0.1, 0.15) is 23.0 Å². The lowest BCUT2D eigenvalue weighted by atomic mass is 9.93. The van der Waals surface area contributed by atoms with Crippen LogP contribution in [0.15, 0.2) is 41.3 Å². The largest absolute Gasteiger partial charge is 0.361 e. The molecule has 1 atom stereocenters. The molecular formula is C22H26N6O2. The molecule has 30 heavy (non-hydrogen) atoms. The van der Waals surface area contributed by atoms with E-state index in [0.717, 1.165) is 30.8 Å². The first-order chi connectivity index (χ1) is 14.5. The van der Waals surface area contributed by atoms with E-state index < -0.39 is 0 Å². The van der Waals surface area contributed by atoms with Crippen LogP contribution in [0.5, 0.6) is 0 Å². The van der Waals surface area contributed by atoms with E-state index in [0.29, 0.717) is 29.5 Å². The molecule has 1 aliphatic heterocycles. The molecule has 4 rings (SSSR count). The van der Waals surface area contributed by atoms with Crippen LogP contribution in [0.25, 0.3) is 0 Å². The predicted molar refractivity (Wildman–Crippen MR) is 113 cm³/mol. The number of anilines is 2. The predicted octanol–water partition coefficient (Wildman–Crippen LogP) is 4.05. The molecule has 1 unspecified atom stereocenters. The number of aromatic nitrogens is 4. The number of carbonyl (C=O) groups is 1. The van der Waals surface area contributed by atoms with Crippen molar-refractivity contribution in [2.24, 2.45) is 0 Å².